The Morgan fingerprint density at radius 3 is 2.57 bits per heavy atom. The van der Waals surface area contributed by atoms with E-state index in [-0.39, 0.29) is 5.54 Å². The van der Waals surface area contributed by atoms with Crippen molar-refractivity contribution in [2.45, 2.75) is 70.0 Å². The first kappa shape index (κ1) is 16.7. The Labute approximate surface area is 129 Å². The van der Waals surface area contributed by atoms with Gasteiger partial charge in [0.25, 0.3) is 0 Å². The normalized spacial score (nSPS) is 22.8. The summed E-state index contributed by atoms with van der Waals surface area (Å²) in [6.45, 7) is 7.28. The monoisotopic (exact) mass is 293 g/mol. The van der Waals surface area contributed by atoms with E-state index >= 15 is 0 Å². The molecule has 0 radical (unpaired) electrons. The predicted octanol–water partition coefficient (Wildman–Crippen LogP) is 2.55. The third-order valence-corrected chi connectivity index (χ3v) is 4.93. The van der Waals surface area contributed by atoms with Gasteiger partial charge in [0.05, 0.1) is 12.7 Å². The number of ether oxygens (including phenoxy) is 1. The molecule has 0 spiro atoms. The first-order chi connectivity index (χ1) is 10.1. The second-order valence-electron chi connectivity index (χ2n) is 7.07. The molecule has 120 valence electrons. The van der Waals surface area contributed by atoms with E-state index in [0.29, 0.717) is 12.1 Å². The number of methoxy groups -OCH3 is 1. The van der Waals surface area contributed by atoms with E-state index in [4.69, 9.17) is 4.74 Å². The SMILES string of the molecule is COCCN(CCCC(C)(C#N)NC1CC1)C(C)C1CC1. The van der Waals surface area contributed by atoms with Crippen LogP contribution in [0.5, 0.6) is 0 Å². The summed E-state index contributed by atoms with van der Waals surface area (Å²) in [5.41, 5.74) is -0.350. The minimum Gasteiger partial charge on any atom is -0.383 e. The molecule has 0 aromatic rings. The Balaban J connectivity index is 1.75. The van der Waals surface area contributed by atoms with Gasteiger partial charge in [0.2, 0.25) is 0 Å². The number of hydrogen-bond donors (Lipinski definition) is 1. The first-order valence-corrected chi connectivity index (χ1v) is 8.50. The average molecular weight is 293 g/mol. The fourth-order valence-corrected chi connectivity index (χ4v) is 3.08. The quantitative estimate of drug-likeness (QED) is 0.636. The number of rotatable bonds is 11. The lowest BCUT2D eigenvalue weighted by atomic mass is 9.97. The van der Waals surface area contributed by atoms with Crippen LogP contribution >= 0.6 is 0 Å². The van der Waals surface area contributed by atoms with E-state index in [1.54, 1.807) is 7.11 Å². The van der Waals surface area contributed by atoms with Gasteiger partial charge in [-0.2, -0.15) is 5.26 Å². The molecule has 0 aliphatic heterocycles. The summed E-state index contributed by atoms with van der Waals surface area (Å²) in [6, 6.07) is 3.72. The molecule has 2 saturated carbocycles. The third kappa shape index (κ3) is 5.58. The molecule has 1 N–H and O–H groups in total. The van der Waals surface area contributed by atoms with Crippen LogP contribution in [0.2, 0.25) is 0 Å². The van der Waals surface area contributed by atoms with Crippen LogP contribution < -0.4 is 5.32 Å². The highest BCUT2D eigenvalue weighted by Crippen LogP contribution is 2.35. The second-order valence-corrected chi connectivity index (χ2v) is 7.07. The van der Waals surface area contributed by atoms with E-state index in [1.807, 2.05) is 0 Å². The van der Waals surface area contributed by atoms with Gasteiger partial charge in [-0.1, -0.05) is 0 Å². The van der Waals surface area contributed by atoms with Crippen molar-refractivity contribution in [3.63, 3.8) is 0 Å². The second kappa shape index (κ2) is 7.58. The average Bonchev–Trinajstić information content (AvgIpc) is 3.35. The highest BCUT2D eigenvalue weighted by atomic mass is 16.5. The zero-order valence-corrected chi connectivity index (χ0v) is 13.9. The van der Waals surface area contributed by atoms with Gasteiger partial charge in [-0.15, -0.1) is 0 Å². The van der Waals surface area contributed by atoms with Crippen molar-refractivity contribution in [2.75, 3.05) is 26.8 Å². The van der Waals surface area contributed by atoms with Crippen molar-refractivity contribution in [1.82, 2.24) is 10.2 Å². The molecule has 2 unspecified atom stereocenters. The lowest BCUT2D eigenvalue weighted by Crippen LogP contribution is -2.44. The molecular weight excluding hydrogens is 262 g/mol. The molecule has 0 saturated heterocycles. The maximum atomic E-state index is 9.43. The van der Waals surface area contributed by atoms with Gasteiger partial charge >= 0.3 is 0 Å². The van der Waals surface area contributed by atoms with Crippen LogP contribution in [-0.4, -0.2) is 49.3 Å². The van der Waals surface area contributed by atoms with Crippen LogP contribution in [-0.2, 0) is 4.74 Å². The number of nitriles is 1. The van der Waals surface area contributed by atoms with Crippen molar-refractivity contribution in [3.8, 4) is 6.07 Å². The fraction of sp³-hybridized carbons (Fsp3) is 0.941. The summed E-state index contributed by atoms with van der Waals surface area (Å²) in [5, 5.41) is 12.9. The van der Waals surface area contributed by atoms with E-state index < -0.39 is 0 Å². The Hall–Kier alpha value is -0.630. The van der Waals surface area contributed by atoms with Gasteiger partial charge in [-0.3, -0.25) is 10.2 Å². The van der Waals surface area contributed by atoms with Gasteiger partial charge in [0.15, 0.2) is 0 Å². The molecular formula is C17H31N3O. The zero-order valence-electron chi connectivity index (χ0n) is 13.9. The number of nitrogens with zero attached hydrogens (tertiary/aromatic N) is 2. The van der Waals surface area contributed by atoms with Crippen LogP contribution in [0.3, 0.4) is 0 Å². The summed E-state index contributed by atoms with van der Waals surface area (Å²) < 4.78 is 5.25. The molecule has 2 fully saturated rings. The first-order valence-electron chi connectivity index (χ1n) is 8.50. The lowest BCUT2D eigenvalue weighted by molar-refractivity contribution is 0.114. The van der Waals surface area contributed by atoms with E-state index in [1.165, 1.54) is 25.7 Å². The van der Waals surface area contributed by atoms with Gasteiger partial charge < -0.3 is 4.74 Å². The highest BCUT2D eigenvalue weighted by molar-refractivity contribution is 5.07. The van der Waals surface area contributed by atoms with Gasteiger partial charge in [-0.05, 0) is 64.8 Å². The third-order valence-electron chi connectivity index (χ3n) is 4.93. The van der Waals surface area contributed by atoms with Gasteiger partial charge in [0, 0.05) is 25.7 Å². The maximum Gasteiger partial charge on any atom is 0.104 e. The minimum atomic E-state index is -0.350. The smallest absolute Gasteiger partial charge is 0.104 e. The highest BCUT2D eigenvalue weighted by Gasteiger charge is 2.34. The lowest BCUT2D eigenvalue weighted by Gasteiger charge is -2.30. The predicted molar refractivity (Wildman–Crippen MR) is 85.0 cm³/mol. The van der Waals surface area contributed by atoms with Crippen LogP contribution in [0.15, 0.2) is 0 Å². The molecule has 2 rings (SSSR count). The molecule has 2 aliphatic rings. The van der Waals surface area contributed by atoms with Crippen LogP contribution in [0.1, 0.15) is 52.4 Å². The van der Waals surface area contributed by atoms with Crippen LogP contribution in [0.4, 0.5) is 0 Å². The summed E-state index contributed by atoms with van der Waals surface area (Å²) >= 11 is 0. The largest absolute Gasteiger partial charge is 0.383 e. The van der Waals surface area contributed by atoms with Crippen LogP contribution in [0.25, 0.3) is 0 Å². The molecule has 4 heteroatoms. The van der Waals surface area contributed by atoms with Crippen molar-refractivity contribution in [1.29, 1.82) is 5.26 Å². The summed E-state index contributed by atoms with van der Waals surface area (Å²) in [4.78, 5) is 2.55. The summed E-state index contributed by atoms with van der Waals surface area (Å²) in [7, 11) is 1.77. The Morgan fingerprint density at radius 2 is 2.05 bits per heavy atom. The topological polar surface area (TPSA) is 48.3 Å². The van der Waals surface area contributed by atoms with E-state index in [0.717, 1.165) is 38.5 Å². The van der Waals surface area contributed by atoms with Gasteiger partial charge in [-0.25, -0.2) is 0 Å². The molecule has 21 heavy (non-hydrogen) atoms. The molecule has 0 amide bonds. The fourth-order valence-electron chi connectivity index (χ4n) is 3.08. The number of nitrogens with one attached hydrogen (secondary N) is 1. The van der Waals surface area contributed by atoms with Crippen molar-refractivity contribution in [3.05, 3.63) is 0 Å². The Kier molecular flexibility index (Phi) is 6.04. The summed E-state index contributed by atoms with van der Waals surface area (Å²) in [5.74, 6) is 0.883. The number of hydrogen-bond acceptors (Lipinski definition) is 4. The molecule has 0 heterocycles. The van der Waals surface area contributed by atoms with Crippen molar-refractivity contribution >= 4 is 0 Å². The molecule has 2 atom stereocenters. The van der Waals surface area contributed by atoms with Crippen LogP contribution in [0, 0.1) is 17.2 Å². The Morgan fingerprint density at radius 1 is 1.33 bits per heavy atom. The Bertz CT molecular complexity index is 360. The molecule has 0 aromatic heterocycles. The molecule has 2 aliphatic carbocycles. The minimum absolute atomic E-state index is 0.350. The molecule has 0 bridgehead atoms. The molecule has 0 aromatic carbocycles. The van der Waals surface area contributed by atoms with Gasteiger partial charge in [0.1, 0.15) is 5.54 Å². The summed E-state index contributed by atoms with van der Waals surface area (Å²) in [6.07, 6.45) is 7.23. The standard InChI is InChI=1S/C17H31N3O/c1-14(15-5-6-15)20(11-12-21-3)10-4-9-17(2,13-18)19-16-7-8-16/h14-16,19H,4-12H2,1-3H3. The zero-order chi connectivity index (χ0) is 15.3. The van der Waals surface area contributed by atoms with Crippen molar-refractivity contribution < 1.29 is 4.74 Å². The van der Waals surface area contributed by atoms with Crippen molar-refractivity contribution in [2.24, 2.45) is 5.92 Å². The molecule has 4 nitrogen and oxygen atoms in total. The maximum absolute atomic E-state index is 9.43. The van der Waals surface area contributed by atoms with E-state index in [9.17, 15) is 5.26 Å². The van der Waals surface area contributed by atoms with E-state index in [2.05, 4.69) is 30.1 Å².